The number of carbonyl (C=O) groups excluding carboxylic acids is 3. The fraction of sp³-hybridized carbons (Fsp3) is 0.222. The third-order valence-electron chi connectivity index (χ3n) is 6.49. The molecular weight excluding hydrogens is 444 g/mol. The van der Waals surface area contributed by atoms with Gasteiger partial charge in [0.05, 0.1) is 36.7 Å². The fourth-order valence-corrected chi connectivity index (χ4v) is 4.62. The number of hydrogen-bond acceptors (Lipinski definition) is 4. The van der Waals surface area contributed by atoms with Gasteiger partial charge in [-0.15, -0.1) is 0 Å². The van der Waals surface area contributed by atoms with E-state index < -0.39 is 12.1 Å². The Morgan fingerprint density at radius 2 is 1.77 bits per heavy atom. The van der Waals surface area contributed by atoms with Crippen molar-refractivity contribution in [2.24, 2.45) is 0 Å². The first-order valence-electron chi connectivity index (χ1n) is 11.5. The highest BCUT2D eigenvalue weighted by atomic mass is 16.3. The summed E-state index contributed by atoms with van der Waals surface area (Å²) in [6.07, 6.45) is 1.90. The molecule has 8 nitrogen and oxygen atoms in total. The summed E-state index contributed by atoms with van der Waals surface area (Å²) < 4.78 is 5.34. The summed E-state index contributed by atoms with van der Waals surface area (Å²) >= 11 is 0. The number of nitrogens with one attached hydrogen (secondary N) is 2. The van der Waals surface area contributed by atoms with E-state index in [9.17, 15) is 14.4 Å². The normalized spacial score (nSPS) is 18.4. The van der Waals surface area contributed by atoms with E-state index >= 15 is 0 Å². The number of hydrogen-bond donors (Lipinski definition) is 2. The number of rotatable bonds is 7. The quantitative estimate of drug-likeness (QED) is 0.555. The first kappa shape index (κ1) is 22.5. The summed E-state index contributed by atoms with van der Waals surface area (Å²) in [6, 6.07) is 20.9. The smallest absolute Gasteiger partial charge is 0.322 e. The van der Waals surface area contributed by atoms with Gasteiger partial charge in [0.1, 0.15) is 11.8 Å². The maximum atomic E-state index is 13.8. The zero-order valence-electron chi connectivity index (χ0n) is 19.3. The van der Waals surface area contributed by atoms with Crippen LogP contribution in [-0.2, 0) is 22.6 Å². The molecule has 0 saturated heterocycles. The number of likely N-dealkylation sites (N-methyl/N-ethyl adjacent to an activating group) is 1. The van der Waals surface area contributed by atoms with Crippen molar-refractivity contribution in [3.63, 3.8) is 0 Å². The number of furan rings is 1. The molecule has 3 aromatic rings. The van der Waals surface area contributed by atoms with E-state index in [0.717, 1.165) is 11.1 Å². The maximum absolute atomic E-state index is 13.8. The Labute approximate surface area is 203 Å². The summed E-state index contributed by atoms with van der Waals surface area (Å²) in [5.41, 5.74) is 2.86. The number of carbonyl (C=O) groups is 3. The number of nitrogens with zero attached hydrogens (tertiary/aromatic N) is 2. The topological polar surface area (TPSA) is 94.9 Å². The molecule has 1 aromatic heterocycles. The average molecular weight is 471 g/mol. The third kappa shape index (κ3) is 4.42. The van der Waals surface area contributed by atoms with Crippen molar-refractivity contribution >= 4 is 17.8 Å². The van der Waals surface area contributed by atoms with Crippen LogP contribution < -0.4 is 10.6 Å². The second kappa shape index (κ2) is 9.50. The second-order valence-electron chi connectivity index (χ2n) is 8.65. The minimum atomic E-state index is -0.759. The molecule has 0 radical (unpaired) electrons. The Balaban J connectivity index is 1.45. The summed E-state index contributed by atoms with van der Waals surface area (Å²) in [5, 5.41) is 5.84. The lowest BCUT2D eigenvalue weighted by molar-refractivity contribution is -0.136. The van der Waals surface area contributed by atoms with Crippen molar-refractivity contribution in [1.82, 2.24) is 20.4 Å². The molecule has 0 fully saturated rings. The molecular formula is C27H26N4O4. The van der Waals surface area contributed by atoms with E-state index in [4.69, 9.17) is 4.42 Å². The van der Waals surface area contributed by atoms with E-state index in [-0.39, 0.29) is 30.9 Å². The van der Waals surface area contributed by atoms with Gasteiger partial charge >= 0.3 is 6.03 Å². The first-order chi connectivity index (χ1) is 17.0. The van der Waals surface area contributed by atoms with Gasteiger partial charge in [0, 0.05) is 13.5 Å². The van der Waals surface area contributed by atoms with Crippen LogP contribution in [0.25, 0.3) is 0 Å². The molecule has 35 heavy (non-hydrogen) atoms. The van der Waals surface area contributed by atoms with Crippen LogP contribution in [0.1, 0.15) is 22.9 Å². The van der Waals surface area contributed by atoms with Gasteiger partial charge in [0.25, 0.3) is 5.91 Å². The van der Waals surface area contributed by atoms with Gasteiger partial charge in [0.15, 0.2) is 0 Å². The molecule has 2 aromatic carbocycles. The van der Waals surface area contributed by atoms with Crippen molar-refractivity contribution in [1.29, 1.82) is 0 Å². The van der Waals surface area contributed by atoms with Crippen LogP contribution in [0.15, 0.2) is 94.7 Å². The zero-order chi connectivity index (χ0) is 24.4. The molecule has 2 N–H and O–H groups in total. The van der Waals surface area contributed by atoms with Crippen molar-refractivity contribution in [3.05, 3.63) is 107 Å². The molecule has 0 spiro atoms. The molecule has 4 amide bonds. The molecule has 2 aliphatic heterocycles. The Kier molecular flexibility index (Phi) is 6.10. The molecule has 5 rings (SSSR count). The van der Waals surface area contributed by atoms with E-state index in [1.54, 1.807) is 30.3 Å². The van der Waals surface area contributed by atoms with Crippen LogP contribution in [0.2, 0.25) is 0 Å². The Morgan fingerprint density at radius 1 is 1.06 bits per heavy atom. The van der Waals surface area contributed by atoms with Crippen LogP contribution in [0, 0.1) is 0 Å². The predicted molar refractivity (Wildman–Crippen MR) is 129 cm³/mol. The van der Waals surface area contributed by atoms with Gasteiger partial charge in [-0.25, -0.2) is 4.79 Å². The predicted octanol–water partition coefficient (Wildman–Crippen LogP) is 3.00. The third-order valence-corrected chi connectivity index (χ3v) is 6.49. The van der Waals surface area contributed by atoms with Gasteiger partial charge < -0.3 is 20.0 Å². The Hall–Kier alpha value is -4.33. The molecule has 2 aliphatic rings. The van der Waals surface area contributed by atoms with Crippen LogP contribution in [0.3, 0.4) is 0 Å². The van der Waals surface area contributed by atoms with E-state index in [2.05, 4.69) is 10.6 Å². The van der Waals surface area contributed by atoms with Gasteiger partial charge in [0.2, 0.25) is 5.91 Å². The number of amides is 4. The highest BCUT2D eigenvalue weighted by Crippen LogP contribution is 2.36. The largest absolute Gasteiger partial charge is 0.467 e. The number of urea groups is 1. The van der Waals surface area contributed by atoms with Crippen LogP contribution in [-0.4, -0.2) is 47.3 Å². The highest BCUT2D eigenvalue weighted by Gasteiger charge is 2.46. The standard InChI is InChI=1S/C27H26N4O4/c1-30-22-17-31(26(33)23(22)24(29-27(30)34)19-11-6-3-7-12-19)21(15-18-9-4-2-5-10-18)25(32)28-16-20-13-8-14-35-20/h2-14,21,24H,15-17H2,1H3,(H,28,32)(H,29,34)/t21-,24+/m0/s1. The lowest BCUT2D eigenvalue weighted by Crippen LogP contribution is -2.49. The maximum Gasteiger partial charge on any atom is 0.322 e. The molecule has 0 bridgehead atoms. The Morgan fingerprint density at radius 3 is 2.46 bits per heavy atom. The first-order valence-corrected chi connectivity index (χ1v) is 11.5. The lowest BCUT2D eigenvalue weighted by Gasteiger charge is -2.31. The zero-order valence-corrected chi connectivity index (χ0v) is 19.3. The van der Waals surface area contributed by atoms with Crippen molar-refractivity contribution < 1.29 is 18.8 Å². The molecule has 0 aliphatic carbocycles. The number of benzene rings is 2. The van der Waals surface area contributed by atoms with E-state index in [1.807, 2.05) is 60.7 Å². The second-order valence-corrected chi connectivity index (χ2v) is 8.65. The fourth-order valence-electron chi connectivity index (χ4n) is 4.62. The summed E-state index contributed by atoms with van der Waals surface area (Å²) in [4.78, 5) is 43.0. The molecule has 8 heteroatoms. The highest BCUT2D eigenvalue weighted by molar-refractivity contribution is 6.03. The van der Waals surface area contributed by atoms with Crippen LogP contribution >= 0.6 is 0 Å². The molecule has 3 heterocycles. The van der Waals surface area contributed by atoms with Gasteiger partial charge in [-0.1, -0.05) is 60.7 Å². The Bertz CT molecular complexity index is 1250. The average Bonchev–Trinajstić information content (AvgIpc) is 3.53. The monoisotopic (exact) mass is 470 g/mol. The van der Waals surface area contributed by atoms with Gasteiger partial charge in [-0.05, 0) is 23.3 Å². The summed E-state index contributed by atoms with van der Waals surface area (Å²) in [7, 11) is 1.64. The van der Waals surface area contributed by atoms with Crippen molar-refractivity contribution in [3.8, 4) is 0 Å². The van der Waals surface area contributed by atoms with E-state index in [0.29, 0.717) is 23.5 Å². The molecule has 0 unspecified atom stereocenters. The van der Waals surface area contributed by atoms with Gasteiger partial charge in [-0.3, -0.25) is 14.5 Å². The van der Waals surface area contributed by atoms with Crippen LogP contribution in [0.5, 0.6) is 0 Å². The lowest BCUT2D eigenvalue weighted by atomic mass is 9.95. The molecule has 178 valence electrons. The SMILES string of the molecule is CN1C(=O)N[C@H](c2ccccc2)C2=C1CN([C@@H](Cc1ccccc1)C(=O)NCc1ccco1)C2=O. The van der Waals surface area contributed by atoms with Crippen molar-refractivity contribution in [2.45, 2.75) is 25.0 Å². The summed E-state index contributed by atoms with van der Waals surface area (Å²) in [6.45, 7) is 0.395. The minimum absolute atomic E-state index is 0.174. The summed E-state index contributed by atoms with van der Waals surface area (Å²) in [5.74, 6) is 0.0899. The van der Waals surface area contributed by atoms with E-state index in [1.165, 1.54) is 4.90 Å². The van der Waals surface area contributed by atoms with Crippen molar-refractivity contribution in [2.75, 3.05) is 13.6 Å². The van der Waals surface area contributed by atoms with Crippen LogP contribution in [0.4, 0.5) is 4.79 Å². The molecule has 2 atom stereocenters. The minimum Gasteiger partial charge on any atom is -0.467 e. The van der Waals surface area contributed by atoms with Gasteiger partial charge in [-0.2, -0.15) is 0 Å². The molecule has 0 saturated carbocycles.